The molecule has 0 heterocycles. The highest BCUT2D eigenvalue weighted by atomic mass is 32.2. The summed E-state index contributed by atoms with van der Waals surface area (Å²) >= 11 is 0. The van der Waals surface area contributed by atoms with E-state index in [1.807, 2.05) is 4.40 Å². The van der Waals surface area contributed by atoms with Gasteiger partial charge in [0.2, 0.25) is 0 Å². The van der Waals surface area contributed by atoms with Crippen molar-refractivity contribution in [3.63, 3.8) is 0 Å². The van der Waals surface area contributed by atoms with Crippen LogP contribution >= 0.6 is 0 Å². The Morgan fingerprint density at radius 2 is 1.79 bits per heavy atom. The minimum Gasteiger partial charge on any atom is -0.859 e. The summed E-state index contributed by atoms with van der Waals surface area (Å²) in [6, 6.07) is 0. The molecule has 0 radical (unpaired) electrons. The minimum absolute atomic E-state index is 0.373. The molecule has 0 unspecified atom stereocenters. The molecule has 0 aromatic carbocycles. The molecule has 0 spiro atoms. The van der Waals surface area contributed by atoms with E-state index >= 15 is 0 Å². The molecule has 0 saturated carbocycles. The third-order valence-electron chi connectivity index (χ3n) is 2.28. The predicted octanol–water partition coefficient (Wildman–Crippen LogP) is 0.574. The maximum atomic E-state index is 11.9. The molecule has 6 nitrogen and oxygen atoms in total. The van der Waals surface area contributed by atoms with Gasteiger partial charge >= 0.3 is 21.5 Å². The maximum absolute atomic E-state index is 11.9. The van der Waals surface area contributed by atoms with Crippen molar-refractivity contribution in [3.8, 4) is 0 Å². The molecule has 112 valence electrons. The van der Waals surface area contributed by atoms with Gasteiger partial charge < -0.3 is 9.84 Å². The van der Waals surface area contributed by atoms with Gasteiger partial charge in [-0.2, -0.15) is 26.0 Å². The summed E-state index contributed by atoms with van der Waals surface area (Å²) in [6.07, 6.45) is 0.373. The van der Waals surface area contributed by atoms with E-state index in [1.165, 1.54) is 13.8 Å². The van der Waals surface area contributed by atoms with Gasteiger partial charge in [0.05, 0.1) is 5.41 Å². The average molecular weight is 304 g/mol. The van der Waals surface area contributed by atoms with Crippen LogP contribution in [0.25, 0.3) is 0 Å². The molecule has 0 aromatic heterocycles. The Bertz CT molecular complexity index is 467. The summed E-state index contributed by atoms with van der Waals surface area (Å²) in [5.74, 6) is -2.53. The molecule has 0 aliphatic rings. The first kappa shape index (κ1) is 17.7. The van der Waals surface area contributed by atoms with Gasteiger partial charge in [0.15, 0.2) is 0 Å². The normalized spacial score (nSPS) is 14.3. The van der Waals surface area contributed by atoms with Gasteiger partial charge in [0.1, 0.15) is 6.61 Å². The number of carbonyl (C=O) groups excluding carboxylic acids is 1. The zero-order valence-electron chi connectivity index (χ0n) is 10.4. The number of esters is 1. The smallest absolute Gasteiger partial charge is 0.518 e. The van der Waals surface area contributed by atoms with Crippen molar-refractivity contribution >= 4 is 21.9 Å². The molecule has 0 bridgehead atoms. The second-order valence-corrected chi connectivity index (χ2v) is 5.82. The summed E-state index contributed by atoms with van der Waals surface area (Å²) in [5, 5.41) is 10.9. The molecule has 0 atom stereocenters. The minimum atomic E-state index is -5.90. The van der Waals surface area contributed by atoms with Crippen molar-refractivity contribution in [1.82, 2.24) is 0 Å². The van der Waals surface area contributed by atoms with Crippen LogP contribution in [0.5, 0.6) is 0 Å². The van der Waals surface area contributed by atoms with Gasteiger partial charge in [-0.25, -0.2) is 0 Å². The molecule has 0 aliphatic carbocycles. The molecule has 0 fully saturated rings. The number of rotatable bonds is 5. The van der Waals surface area contributed by atoms with Crippen molar-refractivity contribution in [3.05, 3.63) is 0 Å². The van der Waals surface area contributed by atoms with Crippen LogP contribution in [0.3, 0.4) is 0 Å². The van der Waals surface area contributed by atoms with E-state index in [0.29, 0.717) is 6.42 Å². The molecular weight excluding hydrogens is 291 g/mol. The number of alkyl halides is 3. The van der Waals surface area contributed by atoms with Crippen LogP contribution in [0.2, 0.25) is 0 Å². The van der Waals surface area contributed by atoms with Gasteiger partial charge in [-0.05, 0) is 20.3 Å². The highest BCUT2D eigenvalue weighted by Gasteiger charge is 2.45. The number of ether oxygens (including phenoxy) is 1. The van der Waals surface area contributed by atoms with Gasteiger partial charge in [0.25, 0.3) is 0 Å². The van der Waals surface area contributed by atoms with E-state index in [-0.39, 0.29) is 0 Å². The first-order valence-corrected chi connectivity index (χ1v) is 6.52. The number of carbonyl (C=O) groups is 1. The van der Waals surface area contributed by atoms with Crippen LogP contribution in [0.15, 0.2) is 4.40 Å². The van der Waals surface area contributed by atoms with E-state index < -0.39 is 39.4 Å². The molecule has 19 heavy (non-hydrogen) atoms. The summed E-state index contributed by atoms with van der Waals surface area (Å²) in [6.45, 7) is 3.52. The van der Waals surface area contributed by atoms with Crippen LogP contribution in [-0.4, -0.2) is 32.4 Å². The lowest BCUT2D eigenvalue weighted by Gasteiger charge is -2.21. The van der Waals surface area contributed by atoms with Gasteiger partial charge in [-0.15, -0.1) is 0 Å². The average Bonchev–Trinajstić information content (AvgIpc) is 2.23. The van der Waals surface area contributed by atoms with E-state index in [2.05, 4.69) is 4.74 Å². The van der Waals surface area contributed by atoms with E-state index in [0.717, 1.165) is 0 Å². The highest BCUT2D eigenvalue weighted by molar-refractivity contribution is 7.91. The van der Waals surface area contributed by atoms with Crippen LogP contribution in [0, 0.1) is 5.41 Å². The van der Waals surface area contributed by atoms with E-state index in [9.17, 15) is 31.5 Å². The Balaban J connectivity index is 4.75. The van der Waals surface area contributed by atoms with Crippen LogP contribution in [-0.2, 0) is 19.6 Å². The monoisotopic (exact) mass is 304 g/mol. The zero-order chi connectivity index (χ0) is 15.5. The highest BCUT2D eigenvalue weighted by Crippen LogP contribution is 2.24. The number of hydrogen-bond donors (Lipinski definition) is 0. The van der Waals surface area contributed by atoms with Gasteiger partial charge in [-0.1, -0.05) is 6.92 Å². The Labute approximate surface area is 108 Å². The lowest BCUT2D eigenvalue weighted by molar-refractivity contribution is -0.223. The largest absolute Gasteiger partial charge is 0.859 e. The van der Waals surface area contributed by atoms with E-state index in [4.69, 9.17) is 0 Å². The molecule has 0 aliphatic heterocycles. The second-order valence-electron chi connectivity index (χ2n) is 4.22. The molecule has 0 rings (SSSR count). The number of halogens is 3. The third kappa shape index (κ3) is 5.05. The Morgan fingerprint density at radius 3 is 2.16 bits per heavy atom. The fourth-order valence-electron chi connectivity index (χ4n) is 0.679. The van der Waals surface area contributed by atoms with Crippen molar-refractivity contribution < 1.29 is 36.2 Å². The summed E-state index contributed by atoms with van der Waals surface area (Å²) < 4.78 is 63.1. The van der Waals surface area contributed by atoms with Crippen LogP contribution in [0.1, 0.15) is 27.2 Å². The van der Waals surface area contributed by atoms with Gasteiger partial charge in [-0.3, -0.25) is 4.79 Å². The van der Waals surface area contributed by atoms with Crippen molar-refractivity contribution in [2.24, 2.45) is 9.81 Å². The summed E-state index contributed by atoms with van der Waals surface area (Å²) in [5.41, 5.74) is -6.58. The predicted molar refractivity (Wildman–Crippen MR) is 57.4 cm³/mol. The third-order valence-corrected chi connectivity index (χ3v) is 3.31. The number of sulfonamides is 1. The standard InChI is InChI=1S/C9H14F3NO5S/c1-4-8(2,3)7(15)18-5-6(14)13-19(16,17)9(10,11)12/h4-5H2,1-3H3,(H,13,14)/p-1. The zero-order valence-corrected chi connectivity index (χ0v) is 11.3. The quantitative estimate of drug-likeness (QED) is 0.420. The summed E-state index contributed by atoms with van der Waals surface area (Å²) in [4.78, 5) is 11.4. The Morgan fingerprint density at radius 1 is 1.32 bits per heavy atom. The number of hydrogen-bond acceptors (Lipinski definition) is 5. The van der Waals surface area contributed by atoms with Crippen LogP contribution < -0.4 is 5.11 Å². The molecule has 0 aromatic rings. The fourth-order valence-corrected chi connectivity index (χ4v) is 1.10. The van der Waals surface area contributed by atoms with Gasteiger partial charge in [0, 0.05) is 5.90 Å². The topological polar surface area (TPSA) is 95.9 Å². The molecule has 0 saturated heterocycles. The molecule has 10 heteroatoms. The first-order chi connectivity index (χ1) is 8.33. The Kier molecular flexibility index (Phi) is 5.36. The lowest BCUT2D eigenvalue weighted by atomic mass is 9.91. The first-order valence-electron chi connectivity index (χ1n) is 5.08. The molecule has 0 amide bonds. The van der Waals surface area contributed by atoms with Crippen LogP contribution in [0.4, 0.5) is 13.2 Å². The lowest BCUT2D eigenvalue weighted by Crippen LogP contribution is -2.33. The number of nitrogens with zero attached hydrogens (tertiary/aromatic N) is 1. The summed E-state index contributed by atoms with van der Waals surface area (Å²) in [7, 11) is -5.90. The van der Waals surface area contributed by atoms with Crippen molar-refractivity contribution in [2.75, 3.05) is 6.61 Å². The Hall–Kier alpha value is -1.32. The molecular formula is C9H13F3NO5S-. The fraction of sp³-hybridized carbons (Fsp3) is 0.778. The maximum Gasteiger partial charge on any atom is 0.518 e. The van der Waals surface area contributed by atoms with Crippen molar-refractivity contribution in [2.45, 2.75) is 32.7 Å². The van der Waals surface area contributed by atoms with Crippen molar-refractivity contribution in [1.29, 1.82) is 0 Å². The van der Waals surface area contributed by atoms with E-state index in [1.54, 1.807) is 6.92 Å². The SMILES string of the molecule is CCC(C)(C)C(=O)OC/C([O-])=N/S(=O)(=O)C(F)(F)F. The second kappa shape index (κ2) is 5.76. The molecule has 0 N–H and O–H groups in total.